The topological polar surface area (TPSA) is 46.6 Å². The normalized spacial score (nSPS) is 10.4. The zero-order valence-electron chi connectivity index (χ0n) is 10.8. The standard InChI is InChI=1S/C14H17NO3/c1-11(16)15(2)10-13-7-5-4-6-12(13)8-9-14(17)18-3/h4-9H,10H2,1-3H3/b9-8+. The van der Waals surface area contributed by atoms with E-state index >= 15 is 0 Å². The van der Waals surface area contributed by atoms with Gasteiger partial charge in [-0.2, -0.15) is 0 Å². The quantitative estimate of drug-likeness (QED) is 0.602. The number of esters is 1. The highest BCUT2D eigenvalue weighted by Gasteiger charge is 2.06. The summed E-state index contributed by atoms with van der Waals surface area (Å²) >= 11 is 0. The van der Waals surface area contributed by atoms with Gasteiger partial charge in [-0.15, -0.1) is 0 Å². The molecule has 0 aliphatic heterocycles. The molecule has 0 radical (unpaired) electrons. The minimum absolute atomic E-state index is 0.00162. The summed E-state index contributed by atoms with van der Waals surface area (Å²) in [5, 5.41) is 0. The smallest absolute Gasteiger partial charge is 0.330 e. The summed E-state index contributed by atoms with van der Waals surface area (Å²) in [6.45, 7) is 2.03. The first kappa shape index (κ1) is 14.0. The second kappa shape index (κ2) is 6.59. The van der Waals surface area contributed by atoms with Crippen LogP contribution in [0.15, 0.2) is 30.3 Å². The molecule has 1 amide bonds. The summed E-state index contributed by atoms with van der Waals surface area (Å²) in [5.41, 5.74) is 1.88. The van der Waals surface area contributed by atoms with Crippen molar-refractivity contribution in [2.24, 2.45) is 0 Å². The number of rotatable bonds is 4. The number of benzene rings is 1. The summed E-state index contributed by atoms with van der Waals surface area (Å²) in [6.07, 6.45) is 3.06. The Morgan fingerprint density at radius 2 is 2.00 bits per heavy atom. The molecule has 1 aromatic carbocycles. The van der Waals surface area contributed by atoms with Crippen LogP contribution >= 0.6 is 0 Å². The molecule has 0 spiro atoms. The first-order valence-corrected chi connectivity index (χ1v) is 5.60. The minimum atomic E-state index is -0.398. The fraction of sp³-hybridized carbons (Fsp3) is 0.286. The van der Waals surface area contributed by atoms with E-state index in [0.717, 1.165) is 11.1 Å². The Hall–Kier alpha value is -2.10. The summed E-state index contributed by atoms with van der Waals surface area (Å²) in [6, 6.07) is 7.60. The molecule has 0 saturated carbocycles. The van der Waals surface area contributed by atoms with Gasteiger partial charge >= 0.3 is 5.97 Å². The van der Waals surface area contributed by atoms with Crippen LogP contribution in [0, 0.1) is 0 Å². The van der Waals surface area contributed by atoms with E-state index in [1.54, 1.807) is 18.0 Å². The van der Waals surface area contributed by atoms with Crippen molar-refractivity contribution in [3.8, 4) is 0 Å². The highest BCUT2D eigenvalue weighted by molar-refractivity contribution is 5.87. The third-order valence-corrected chi connectivity index (χ3v) is 2.60. The predicted molar refractivity (Wildman–Crippen MR) is 69.6 cm³/mol. The fourth-order valence-electron chi connectivity index (χ4n) is 1.43. The molecular weight excluding hydrogens is 230 g/mol. The zero-order chi connectivity index (χ0) is 13.5. The molecule has 18 heavy (non-hydrogen) atoms. The van der Waals surface area contributed by atoms with Gasteiger partial charge in [0, 0.05) is 26.6 Å². The van der Waals surface area contributed by atoms with E-state index in [-0.39, 0.29) is 5.91 Å². The van der Waals surface area contributed by atoms with Crippen LogP contribution in [0.25, 0.3) is 6.08 Å². The second-order valence-corrected chi connectivity index (χ2v) is 3.93. The van der Waals surface area contributed by atoms with Crippen LogP contribution in [-0.4, -0.2) is 30.9 Å². The first-order chi connectivity index (χ1) is 8.54. The molecule has 0 fully saturated rings. The summed E-state index contributed by atoms with van der Waals surface area (Å²) in [5.74, 6) is -0.397. The Morgan fingerprint density at radius 1 is 1.33 bits per heavy atom. The van der Waals surface area contributed by atoms with Crippen molar-refractivity contribution in [1.29, 1.82) is 0 Å². The predicted octanol–water partition coefficient (Wildman–Crippen LogP) is 1.85. The van der Waals surface area contributed by atoms with Crippen molar-refractivity contribution in [1.82, 2.24) is 4.90 Å². The molecule has 4 heteroatoms. The van der Waals surface area contributed by atoms with Crippen molar-refractivity contribution in [2.45, 2.75) is 13.5 Å². The third kappa shape index (κ3) is 4.05. The number of nitrogens with zero attached hydrogens (tertiary/aromatic N) is 1. The Labute approximate surface area is 107 Å². The van der Waals surface area contributed by atoms with Crippen molar-refractivity contribution in [3.05, 3.63) is 41.5 Å². The number of hydrogen-bond donors (Lipinski definition) is 0. The van der Waals surface area contributed by atoms with Gasteiger partial charge in [-0.25, -0.2) is 4.79 Å². The van der Waals surface area contributed by atoms with Gasteiger partial charge in [0.05, 0.1) is 7.11 Å². The van der Waals surface area contributed by atoms with Crippen molar-refractivity contribution >= 4 is 18.0 Å². The fourth-order valence-corrected chi connectivity index (χ4v) is 1.43. The number of carbonyl (C=O) groups excluding carboxylic acids is 2. The van der Waals surface area contributed by atoms with Crippen LogP contribution in [-0.2, 0) is 20.9 Å². The van der Waals surface area contributed by atoms with Crippen LogP contribution in [0.3, 0.4) is 0 Å². The highest BCUT2D eigenvalue weighted by atomic mass is 16.5. The Kier molecular flexibility index (Phi) is 5.11. The van der Waals surface area contributed by atoms with Gasteiger partial charge in [0.1, 0.15) is 0 Å². The number of amides is 1. The second-order valence-electron chi connectivity index (χ2n) is 3.93. The lowest BCUT2D eigenvalue weighted by atomic mass is 10.1. The molecule has 0 saturated heterocycles. The first-order valence-electron chi connectivity index (χ1n) is 5.60. The Morgan fingerprint density at radius 3 is 2.61 bits per heavy atom. The minimum Gasteiger partial charge on any atom is -0.466 e. The molecule has 0 N–H and O–H groups in total. The SMILES string of the molecule is COC(=O)/C=C/c1ccccc1CN(C)C(C)=O. The Bertz CT molecular complexity index is 466. The molecule has 4 nitrogen and oxygen atoms in total. The summed E-state index contributed by atoms with van der Waals surface area (Å²) in [7, 11) is 3.07. The molecule has 0 aliphatic carbocycles. The largest absolute Gasteiger partial charge is 0.466 e. The maximum absolute atomic E-state index is 11.2. The van der Waals surface area contributed by atoms with Gasteiger partial charge in [0.25, 0.3) is 0 Å². The van der Waals surface area contributed by atoms with Crippen molar-refractivity contribution < 1.29 is 14.3 Å². The van der Waals surface area contributed by atoms with Gasteiger partial charge in [0.15, 0.2) is 0 Å². The van der Waals surface area contributed by atoms with Crippen molar-refractivity contribution in [2.75, 3.05) is 14.2 Å². The molecule has 96 valence electrons. The van der Waals surface area contributed by atoms with Crippen LogP contribution in [0.4, 0.5) is 0 Å². The molecule has 1 aromatic rings. The number of carbonyl (C=O) groups is 2. The number of methoxy groups -OCH3 is 1. The molecular formula is C14H17NO3. The van der Waals surface area contributed by atoms with E-state index in [0.29, 0.717) is 6.54 Å². The highest BCUT2D eigenvalue weighted by Crippen LogP contribution is 2.13. The van der Waals surface area contributed by atoms with Crippen LogP contribution in [0.5, 0.6) is 0 Å². The number of ether oxygens (including phenoxy) is 1. The van der Waals surface area contributed by atoms with E-state index in [1.807, 2.05) is 24.3 Å². The van der Waals surface area contributed by atoms with Gasteiger partial charge < -0.3 is 9.64 Å². The molecule has 0 aromatic heterocycles. The molecule has 0 aliphatic rings. The molecule has 0 unspecified atom stereocenters. The van der Waals surface area contributed by atoms with Crippen LogP contribution in [0.2, 0.25) is 0 Å². The third-order valence-electron chi connectivity index (χ3n) is 2.60. The van der Waals surface area contributed by atoms with E-state index in [4.69, 9.17) is 0 Å². The van der Waals surface area contributed by atoms with Gasteiger partial charge in [-0.3, -0.25) is 4.79 Å². The van der Waals surface area contributed by atoms with E-state index in [2.05, 4.69) is 4.74 Å². The van der Waals surface area contributed by atoms with Crippen LogP contribution in [0.1, 0.15) is 18.1 Å². The van der Waals surface area contributed by atoms with Crippen molar-refractivity contribution in [3.63, 3.8) is 0 Å². The average molecular weight is 247 g/mol. The van der Waals surface area contributed by atoms with Gasteiger partial charge in [0.2, 0.25) is 5.91 Å². The zero-order valence-corrected chi connectivity index (χ0v) is 10.8. The number of hydrogen-bond acceptors (Lipinski definition) is 3. The molecule has 0 heterocycles. The van der Waals surface area contributed by atoms with Gasteiger partial charge in [-0.05, 0) is 17.2 Å². The molecule has 1 rings (SSSR count). The monoisotopic (exact) mass is 247 g/mol. The summed E-state index contributed by atoms with van der Waals surface area (Å²) in [4.78, 5) is 23.9. The van der Waals surface area contributed by atoms with E-state index < -0.39 is 5.97 Å². The molecule has 0 bridgehead atoms. The van der Waals surface area contributed by atoms with E-state index in [9.17, 15) is 9.59 Å². The maximum atomic E-state index is 11.2. The summed E-state index contributed by atoms with van der Waals surface area (Å²) < 4.78 is 4.54. The average Bonchev–Trinajstić information content (AvgIpc) is 2.37. The Balaban J connectivity index is 2.89. The van der Waals surface area contributed by atoms with Crippen LogP contribution < -0.4 is 0 Å². The lowest BCUT2D eigenvalue weighted by Crippen LogP contribution is -2.23. The molecule has 0 atom stereocenters. The lowest BCUT2D eigenvalue weighted by Gasteiger charge is -2.16. The van der Waals surface area contributed by atoms with Gasteiger partial charge in [-0.1, -0.05) is 24.3 Å². The lowest BCUT2D eigenvalue weighted by molar-refractivity contribution is -0.134. The van der Waals surface area contributed by atoms with E-state index in [1.165, 1.54) is 20.1 Å². The maximum Gasteiger partial charge on any atom is 0.330 e.